The third kappa shape index (κ3) is 8.50. The monoisotopic (exact) mass is 889 g/mol. The standard InChI is InChI=1S/C11H20O2.C10H18O2.2C10H18O.C9H16O2.C2H6.Na.H2O/c1-7-13-8(12)11(6)9(2,3)10(11,4)5;1-6-12-8(11)7-9(2,3)10(7,4)5;2*1-7(11)10(6)8(2,3)9(10,4)5;1-7(2)8(3,4)9(7,5)6(10)11;1-2;;/h7H2,1-6H3;7H,6H2,1-5H3;2*1-6H3;1-5H3,(H,10,11);1-2H3;;1H2/q;;;;;;+1;/p-1. The summed E-state index contributed by atoms with van der Waals surface area (Å²) in [7, 11) is 0. The maximum Gasteiger partial charge on any atom is 1.00 e. The predicted octanol–water partition coefficient (Wildman–Crippen LogP) is 10.1. The Morgan fingerprint density at radius 3 is 0.726 bits per heavy atom. The van der Waals surface area contributed by atoms with E-state index in [2.05, 4.69) is 125 Å². The van der Waals surface area contributed by atoms with Gasteiger partial charge in [0, 0.05) is 10.8 Å². The van der Waals surface area contributed by atoms with Crippen molar-refractivity contribution in [2.75, 3.05) is 13.2 Å². The van der Waals surface area contributed by atoms with Crippen LogP contribution in [0.1, 0.15) is 208 Å². The first-order valence-corrected chi connectivity index (χ1v) is 22.8. The maximum absolute atomic E-state index is 11.7. The van der Waals surface area contributed by atoms with Gasteiger partial charge >= 0.3 is 47.5 Å². The molecule has 0 amide bonds. The van der Waals surface area contributed by atoms with E-state index in [-0.39, 0.29) is 123 Å². The van der Waals surface area contributed by atoms with Crippen LogP contribution in [0.5, 0.6) is 0 Å². The molecule has 360 valence electrons. The topological polar surface area (TPSA) is 154 Å². The minimum Gasteiger partial charge on any atom is -0.870 e. The summed E-state index contributed by atoms with van der Waals surface area (Å²) >= 11 is 0. The van der Waals surface area contributed by atoms with E-state index in [1.54, 1.807) is 13.8 Å². The molecule has 5 saturated carbocycles. The number of carboxylic acids is 1. The summed E-state index contributed by atoms with van der Waals surface area (Å²) < 4.78 is 10.1. The Balaban J connectivity index is -0.000000690. The van der Waals surface area contributed by atoms with Crippen molar-refractivity contribution in [1.29, 1.82) is 0 Å². The molecule has 0 aliphatic heterocycles. The smallest absolute Gasteiger partial charge is 0.870 e. The molecule has 0 spiro atoms. The Kier molecular flexibility index (Phi) is 19.7. The summed E-state index contributed by atoms with van der Waals surface area (Å²) in [5.74, 6) is -0.0186. The van der Waals surface area contributed by atoms with Gasteiger partial charge in [0.05, 0.1) is 30.0 Å². The van der Waals surface area contributed by atoms with Gasteiger partial charge in [-0.1, -0.05) is 166 Å². The van der Waals surface area contributed by atoms with E-state index in [1.165, 1.54) is 0 Å². The second-order valence-electron chi connectivity index (χ2n) is 24.3. The van der Waals surface area contributed by atoms with Crippen LogP contribution in [0, 0.1) is 81.7 Å². The van der Waals surface area contributed by atoms with E-state index >= 15 is 0 Å². The van der Waals surface area contributed by atoms with Crippen LogP contribution < -0.4 is 29.6 Å². The molecule has 0 saturated heterocycles. The molecule has 5 aliphatic carbocycles. The number of ketones is 2. The summed E-state index contributed by atoms with van der Waals surface area (Å²) in [6, 6.07) is 0. The minimum atomic E-state index is -0.674. The average Bonchev–Trinajstić information content (AvgIpc) is 3.92. The Labute approximate surface area is 403 Å². The van der Waals surface area contributed by atoms with Crippen molar-refractivity contribution in [3.63, 3.8) is 0 Å². The van der Waals surface area contributed by atoms with Gasteiger partial charge in [-0.05, 0) is 95.7 Å². The molecule has 0 radical (unpaired) electrons. The number of Topliss-reactive ketones (excluding diaryl/α,β-unsaturated/α-hetero) is 2. The van der Waals surface area contributed by atoms with Gasteiger partial charge in [-0.3, -0.25) is 24.0 Å². The number of rotatable bonds is 7. The zero-order chi connectivity index (χ0) is 49.3. The molecule has 0 aromatic rings. The second-order valence-corrected chi connectivity index (χ2v) is 24.3. The molecule has 2 N–H and O–H groups in total. The molecule has 0 unspecified atom stereocenters. The van der Waals surface area contributed by atoms with Crippen LogP contribution in [-0.2, 0) is 33.4 Å². The molecule has 0 aromatic heterocycles. The van der Waals surface area contributed by atoms with Gasteiger partial charge < -0.3 is 20.1 Å². The first kappa shape index (κ1) is 65.0. The van der Waals surface area contributed by atoms with Crippen LogP contribution in [0.2, 0.25) is 0 Å². The van der Waals surface area contributed by atoms with Crippen molar-refractivity contribution in [3.8, 4) is 0 Å². The Morgan fingerprint density at radius 2 is 0.629 bits per heavy atom. The van der Waals surface area contributed by atoms with Crippen LogP contribution >= 0.6 is 0 Å². The van der Waals surface area contributed by atoms with Gasteiger partial charge in [0.2, 0.25) is 0 Å². The Hall–Kier alpha value is -1.29. The molecule has 0 aromatic carbocycles. The van der Waals surface area contributed by atoms with Crippen molar-refractivity contribution in [1.82, 2.24) is 0 Å². The van der Waals surface area contributed by atoms with Gasteiger partial charge in [-0.15, -0.1) is 0 Å². The number of carboxylic acid groups (broad SMARTS) is 1. The van der Waals surface area contributed by atoms with E-state index in [9.17, 15) is 24.0 Å². The molecule has 0 atom stereocenters. The molecule has 5 aliphatic rings. The van der Waals surface area contributed by atoms with Crippen molar-refractivity contribution >= 4 is 29.5 Å². The van der Waals surface area contributed by atoms with E-state index in [0.29, 0.717) is 24.8 Å². The Morgan fingerprint density at radius 1 is 0.419 bits per heavy atom. The van der Waals surface area contributed by atoms with Crippen LogP contribution in [0.15, 0.2) is 0 Å². The summed E-state index contributed by atoms with van der Waals surface area (Å²) in [6.07, 6.45) is 0. The van der Waals surface area contributed by atoms with E-state index in [0.717, 1.165) is 0 Å². The molecule has 10 heteroatoms. The molecular weight excluding hydrogens is 792 g/mol. The zero-order valence-corrected chi connectivity index (χ0v) is 48.2. The van der Waals surface area contributed by atoms with Gasteiger partial charge in [-0.25, -0.2) is 0 Å². The van der Waals surface area contributed by atoms with Crippen LogP contribution in [0.25, 0.3) is 0 Å². The summed E-state index contributed by atoms with van der Waals surface area (Å²) in [5, 5.41) is 8.98. The zero-order valence-electron chi connectivity index (χ0n) is 46.2. The number of ether oxygens (including phenoxy) is 2. The maximum atomic E-state index is 11.7. The van der Waals surface area contributed by atoms with E-state index < -0.39 is 11.4 Å². The van der Waals surface area contributed by atoms with Gasteiger partial charge in [-0.2, -0.15) is 0 Å². The van der Waals surface area contributed by atoms with E-state index in [1.807, 2.05) is 69.2 Å². The SMILES string of the molecule is CC.CC(=O)C1(C)C(C)(C)C1(C)C.CC(=O)C1(C)C(C)(C)C1(C)C.CC1(C)C(C)(C)C1(C)C(=O)O.CCOC(=O)C1(C)C(C)(C)C1(C)C.CCOC(=O)C1C(C)(C)C1(C)C.[Na+].[OH-]. The van der Waals surface area contributed by atoms with Crippen LogP contribution in [0.3, 0.4) is 0 Å². The molecule has 5 rings (SSSR count). The molecule has 62 heavy (non-hydrogen) atoms. The van der Waals surface area contributed by atoms with Gasteiger partial charge in [0.25, 0.3) is 0 Å². The van der Waals surface area contributed by atoms with Gasteiger partial charge in [0.1, 0.15) is 11.6 Å². The Bertz CT molecular complexity index is 1470. The number of esters is 2. The molecule has 5 fully saturated rings. The van der Waals surface area contributed by atoms with Crippen molar-refractivity contribution in [3.05, 3.63) is 0 Å². The number of carbonyl (C=O) groups is 5. The number of carbonyl (C=O) groups excluding carboxylic acids is 4. The number of hydrogen-bond donors (Lipinski definition) is 1. The van der Waals surface area contributed by atoms with Crippen molar-refractivity contribution in [2.45, 2.75) is 208 Å². The second kappa shape index (κ2) is 18.8. The van der Waals surface area contributed by atoms with Crippen LogP contribution in [0.4, 0.5) is 0 Å². The fourth-order valence-corrected chi connectivity index (χ4v) is 11.5. The van der Waals surface area contributed by atoms with Crippen molar-refractivity contribution < 1.29 is 73.6 Å². The summed E-state index contributed by atoms with van der Waals surface area (Å²) in [6.45, 7) is 62.5. The first-order chi connectivity index (χ1) is 26.2. The normalized spacial score (nSPS) is 26.3. The predicted molar refractivity (Wildman–Crippen MR) is 249 cm³/mol. The summed E-state index contributed by atoms with van der Waals surface area (Å²) in [4.78, 5) is 56.8. The molecule has 0 heterocycles. The van der Waals surface area contributed by atoms with E-state index in [4.69, 9.17) is 14.6 Å². The first-order valence-electron chi connectivity index (χ1n) is 22.8. The third-order valence-corrected chi connectivity index (χ3v) is 22.1. The number of hydrogen-bond acceptors (Lipinski definition) is 8. The average molecular weight is 889 g/mol. The quantitative estimate of drug-likeness (QED) is 0.194. The summed E-state index contributed by atoms with van der Waals surface area (Å²) in [5.41, 5.74) is -0.194. The molecular formula is C52H97NaO9. The molecule has 9 nitrogen and oxygen atoms in total. The fraction of sp³-hybridized carbons (Fsp3) is 0.904. The number of aliphatic carboxylic acids is 1. The molecule has 0 bridgehead atoms. The fourth-order valence-electron chi connectivity index (χ4n) is 11.5. The van der Waals surface area contributed by atoms with Crippen LogP contribution in [-0.4, -0.2) is 53.3 Å². The van der Waals surface area contributed by atoms with Gasteiger partial charge in [0.15, 0.2) is 0 Å². The van der Waals surface area contributed by atoms with Crippen molar-refractivity contribution in [2.24, 2.45) is 81.7 Å². The third-order valence-electron chi connectivity index (χ3n) is 22.1. The largest absolute Gasteiger partial charge is 1.00 e. The minimum absolute atomic E-state index is 0.